The minimum Gasteiger partial charge on any atom is -0.478 e. The molecule has 0 spiro atoms. The summed E-state index contributed by atoms with van der Waals surface area (Å²) in [5.41, 5.74) is 4.97. The molecule has 0 aliphatic carbocycles. The van der Waals surface area contributed by atoms with E-state index in [0.717, 1.165) is 33.7 Å². The van der Waals surface area contributed by atoms with E-state index in [1.807, 2.05) is 61.9 Å². The molecule has 112 valence electrons. The highest BCUT2D eigenvalue weighted by Crippen LogP contribution is 2.28. The summed E-state index contributed by atoms with van der Waals surface area (Å²) in [6.07, 6.45) is 2.04. The van der Waals surface area contributed by atoms with Gasteiger partial charge in [-0.2, -0.15) is 4.58 Å². The highest BCUT2D eigenvalue weighted by Gasteiger charge is 2.22. The molecule has 3 rings (SSSR count). The fraction of sp³-hybridized carbons (Fsp3) is 0.222. The van der Waals surface area contributed by atoms with Crippen molar-refractivity contribution in [3.63, 3.8) is 0 Å². The molecule has 0 atom stereocenters. The summed E-state index contributed by atoms with van der Waals surface area (Å²) in [6, 6.07) is 9.81. The summed E-state index contributed by atoms with van der Waals surface area (Å²) in [7, 11) is 0. The van der Waals surface area contributed by atoms with Gasteiger partial charge >= 0.3 is 5.97 Å². The third kappa shape index (κ3) is 2.37. The first kappa shape index (κ1) is 14.3. The van der Waals surface area contributed by atoms with E-state index in [1.165, 1.54) is 0 Å². The number of rotatable bonds is 2. The van der Waals surface area contributed by atoms with Crippen molar-refractivity contribution >= 4 is 17.9 Å². The minimum atomic E-state index is -0.888. The summed E-state index contributed by atoms with van der Waals surface area (Å²) in [6.45, 7) is 6.09. The second kappa shape index (κ2) is 5.30. The van der Waals surface area contributed by atoms with Crippen molar-refractivity contribution in [1.29, 1.82) is 0 Å². The van der Waals surface area contributed by atoms with Crippen LogP contribution in [0.5, 0.6) is 5.75 Å². The standard InChI is InChI=1S/C18H17NO3/c1-11-5-4-6-14-9-19(10-22-17(11)14)15-7-12(2)16(18(20)21)13(3)8-15/h4-9H,10H2,1-3H3/p+1. The molecule has 22 heavy (non-hydrogen) atoms. The van der Waals surface area contributed by atoms with Gasteiger partial charge in [0.05, 0.1) is 11.1 Å². The minimum absolute atomic E-state index is 0.373. The molecule has 0 saturated heterocycles. The quantitative estimate of drug-likeness (QED) is 0.864. The molecular formula is C18H18NO3+. The largest absolute Gasteiger partial charge is 0.478 e. The smallest absolute Gasteiger partial charge is 0.336 e. The van der Waals surface area contributed by atoms with Crippen molar-refractivity contribution in [3.8, 4) is 5.75 Å². The summed E-state index contributed by atoms with van der Waals surface area (Å²) >= 11 is 0. The number of nitrogens with zero attached hydrogens (tertiary/aromatic N) is 1. The Kier molecular flexibility index (Phi) is 3.45. The first-order valence-electron chi connectivity index (χ1n) is 7.16. The first-order chi connectivity index (χ1) is 10.5. The van der Waals surface area contributed by atoms with Crippen LogP contribution in [0.4, 0.5) is 5.69 Å². The Bertz CT molecular complexity index is 783. The zero-order valence-electron chi connectivity index (χ0n) is 12.9. The van der Waals surface area contributed by atoms with E-state index in [0.29, 0.717) is 12.3 Å². The third-order valence-electron chi connectivity index (χ3n) is 3.95. The van der Waals surface area contributed by atoms with Crippen molar-refractivity contribution in [2.45, 2.75) is 20.8 Å². The van der Waals surface area contributed by atoms with Crippen LogP contribution in [0.3, 0.4) is 0 Å². The van der Waals surface area contributed by atoms with Gasteiger partial charge in [-0.15, -0.1) is 0 Å². The molecule has 1 aliphatic rings. The van der Waals surface area contributed by atoms with Crippen LogP contribution in [0.2, 0.25) is 0 Å². The van der Waals surface area contributed by atoms with E-state index in [4.69, 9.17) is 4.74 Å². The zero-order chi connectivity index (χ0) is 15.9. The molecule has 2 aromatic carbocycles. The van der Waals surface area contributed by atoms with Crippen LogP contribution in [0, 0.1) is 20.8 Å². The molecule has 1 N–H and O–H groups in total. The van der Waals surface area contributed by atoms with Gasteiger partial charge in [0, 0.05) is 12.1 Å². The Morgan fingerprint density at radius 2 is 1.82 bits per heavy atom. The number of para-hydroxylation sites is 1. The van der Waals surface area contributed by atoms with Crippen LogP contribution < -0.4 is 4.74 Å². The highest BCUT2D eigenvalue weighted by molar-refractivity contribution is 5.91. The summed E-state index contributed by atoms with van der Waals surface area (Å²) in [5.74, 6) is 0.0238. The Morgan fingerprint density at radius 1 is 1.14 bits per heavy atom. The van der Waals surface area contributed by atoms with E-state index in [-0.39, 0.29) is 0 Å². The van der Waals surface area contributed by atoms with Gasteiger partial charge in [0.15, 0.2) is 6.21 Å². The van der Waals surface area contributed by atoms with Gasteiger partial charge in [0.1, 0.15) is 5.75 Å². The van der Waals surface area contributed by atoms with Crippen LogP contribution in [0.15, 0.2) is 30.3 Å². The maximum Gasteiger partial charge on any atom is 0.336 e. The van der Waals surface area contributed by atoms with Crippen LogP contribution in [0.25, 0.3) is 0 Å². The van der Waals surface area contributed by atoms with Crippen molar-refractivity contribution in [3.05, 3.63) is 58.1 Å². The molecule has 0 aromatic heterocycles. The molecular weight excluding hydrogens is 278 g/mol. The predicted molar refractivity (Wildman–Crippen MR) is 84.6 cm³/mol. The normalized spacial score (nSPS) is 13.1. The van der Waals surface area contributed by atoms with Crippen LogP contribution in [0.1, 0.15) is 32.6 Å². The third-order valence-corrected chi connectivity index (χ3v) is 3.95. The van der Waals surface area contributed by atoms with E-state index in [9.17, 15) is 9.90 Å². The fourth-order valence-electron chi connectivity index (χ4n) is 2.91. The van der Waals surface area contributed by atoms with E-state index in [1.54, 1.807) is 0 Å². The fourth-order valence-corrected chi connectivity index (χ4v) is 2.91. The number of ether oxygens (including phenoxy) is 1. The van der Waals surface area contributed by atoms with Gasteiger partial charge in [-0.3, -0.25) is 0 Å². The van der Waals surface area contributed by atoms with Crippen LogP contribution in [-0.4, -0.2) is 28.6 Å². The molecule has 0 saturated carbocycles. The number of carboxylic acids is 1. The Labute approximate surface area is 129 Å². The number of carbonyl (C=O) groups is 1. The Morgan fingerprint density at radius 3 is 2.45 bits per heavy atom. The van der Waals surface area contributed by atoms with Gasteiger partial charge in [0.25, 0.3) is 6.73 Å². The lowest BCUT2D eigenvalue weighted by Gasteiger charge is -2.16. The molecule has 0 fully saturated rings. The van der Waals surface area contributed by atoms with Gasteiger partial charge in [-0.1, -0.05) is 12.1 Å². The lowest BCUT2D eigenvalue weighted by Crippen LogP contribution is -2.21. The number of hydrogen-bond donors (Lipinski definition) is 1. The van der Waals surface area contributed by atoms with Crippen molar-refractivity contribution < 1.29 is 19.2 Å². The van der Waals surface area contributed by atoms with Gasteiger partial charge in [-0.05, 0) is 43.5 Å². The zero-order valence-corrected chi connectivity index (χ0v) is 12.9. The molecule has 0 radical (unpaired) electrons. The SMILES string of the molecule is Cc1cccc2c1OC[N+](c1cc(C)c(C(=O)O)c(C)c1)=C2. The molecule has 1 aliphatic heterocycles. The lowest BCUT2D eigenvalue weighted by molar-refractivity contribution is -0.476. The number of aromatic carboxylic acids is 1. The van der Waals surface area contributed by atoms with Gasteiger partial charge < -0.3 is 9.84 Å². The molecule has 1 heterocycles. The average Bonchev–Trinajstić information content (AvgIpc) is 2.46. The second-order valence-corrected chi connectivity index (χ2v) is 5.63. The van der Waals surface area contributed by atoms with Gasteiger partial charge in [0.2, 0.25) is 5.69 Å². The maximum atomic E-state index is 11.3. The highest BCUT2D eigenvalue weighted by atomic mass is 16.5. The molecule has 4 heteroatoms. The maximum absolute atomic E-state index is 11.3. The van der Waals surface area contributed by atoms with E-state index in [2.05, 4.69) is 0 Å². The first-order valence-corrected chi connectivity index (χ1v) is 7.16. The van der Waals surface area contributed by atoms with Crippen molar-refractivity contribution in [2.75, 3.05) is 6.73 Å². The van der Waals surface area contributed by atoms with Gasteiger partial charge in [-0.25, -0.2) is 4.79 Å². The summed E-state index contributed by atoms with van der Waals surface area (Å²) < 4.78 is 7.85. The molecule has 4 nitrogen and oxygen atoms in total. The number of fused-ring (bicyclic) bond motifs is 1. The molecule has 0 bridgehead atoms. The molecule has 0 unspecified atom stereocenters. The van der Waals surface area contributed by atoms with E-state index >= 15 is 0 Å². The summed E-state index contributed by atoms with van der Waals surface area (Å²) in [5, 5.41) is 9.26. The van der Waals surface area contributed by atoms with Crippen LogP contribution in [-0.2, 0) is 0 Å². The second-order valence-electron chi connectivity index (χ2n) is 5.63. The Balaban J connectivity index is 2.08. The topological polar surface area (TPSA) is 49.5 Å². The Hall–Kier alpha value is -2.62. The van der Waals surface area contributed by atoms with Crippen molar-refractivity contribution in [1.82, 2.24) is 0 Å². The predicted octanol–water partition coefficient (Wildman–Crippen LogP) is 3.42. The van der Waals surface area contributed by atoms with Crippen LogP contribution >= 0.6 is 0 Å². The summed E-state index contributed by atoms with van der Waals surface area (Å²) in [4.78, 5) is 11.3. The van der Waals surface area contributed by atoms with Crippen molar-refractivity contribution in [2.24, 2.45) is 0 Å². The number of aryl methyl sites for hydroxylation is 3. The van der Waals surface area contributed by atoms with E-state index < -0.39 is 5.97 Å². The number of carboxylic acid groups (broad SMARTS) is 1. The molecule has 2 aromatic rings. The average molecular weight is 296 g/mol. The number of benzene rings is 2. The number of hydrogen-bond acceptors (Lipinski definition) is 2. The molecule has 0 amide bonds. The monoisotopic (exact) mass is 296 g/mol. The lowest BCUT2D eigenvalue weighted by atomic mass is 10.0.